The Morgan fingerprint density at radius 3 is 2.41 bits per heavy atom. The Bertz CT molecular complexity index is 994. The van der Waals surface area contributed by atoms with Crippen LogP contribution < -0.4 is 11.1 Å². The molecule has 2 heterocycles. The number of primary amides is 1. The van der Waals surface area contributed by atoms with Crippen LogP contribution in [0.25, 0.3) is 0 Å². The summed E-state index contributed by atoms with van der Waals surface area (Å²) in [5.41, 5.74) is 6.44. The molecular weight excluding hydrogens is 406 g/mol. The lowest BCUT2D eigenvalue weighted by atomic mass is 9.81. The van der Waals surface area contributed by atoms with Gasteiger partial charge in [0.1, 0.15) is 5.56 Å². The van der Waals surface area contributed by atoms with E-state index in [1.165, 1.54) is 19.5 Å². The lowest BCUT2D eigenvalue weighted by molar-refractivity contribution is -0.142. The summed E-state index contributed by atoms with van der Waals surface area (Å²) >= 11 is 0. The van der Waals surface area contributed by atoms with Gasteiger partial charge in [0.15, 0.2) is 5.82 Å². The third-order valence-electron chi connectivity index (χ3n) is 7.24. The second-order valence-corrected chi connectivity index (χ2v) is 9.77. The van der Waals surface area contributed by atoms with Crippen LogP contribution in [0.5, 0.6) is 0 Å². The number of carbonyl (C=O) groups is 2. The van der Waals surface area contributed by atoms with Crippen LogP contribution in [0.3, 0.4) is 0 Å². The molecule has 1 aliphatic carbocycles. The first kappa shape index (κ1) is 22.3. The molecule has 1 saturated heterocycles. The smallest absolute Gasteiger partial charge is 0.313 e. The quantitative estimate of drug-likeness (QED) is 0.608. The predicted molar refractivity (Wildman–Crippen MR) is 123 cm³/mol. The number of rotatable bonds is 7. The molecule has 4 N–H and O–H groups in total. The van der Waals surface area contributed by atoms with Gasteiger partial charge in [0.2, 0.25) is 0 Å². The number of nitrogens with two attached hydrogens (primary N) is 1. The van der Waals surface area contributed by atoms with Gasteiger partial charge in [-0.15, -0.1) is 0 Å². The molecule has 8 nitrogen and oxygen atoms in total. The number of nitrogens with one attached hydrogen (secondary N) is 1. The van der Waals surface area contributed by atoms with E-state index >= 15 is 0 Å². The number of hydrogen-bond donors (Lipinski definition) is 3. The fraction of sp³-hybridized carbons (Fsp3) is 0.542. The topological polar surface area (TPSA) is 113 Å². The normalized spacial score (nSPS) is 24.0. The van der Waals surface area contributed by atoms with Crippen molar-refractivity contribution in [2.75, 3.05) is 18.4 Å². The number of carboxylic acids is 1. The number of aromatic nitrogens is 2. The van der Waals surface area contributed by atoms with E-state index < -0.39 is 17.3 Å². The van der Waals surface area contributed by atoms with Crippen LogP contribution in [-0.2, 0) is 10.2 Å². The van der Waals surface area contributed by atoms with Crippen molar-refractivity contribution in [1.82, 2.24) is 14.7 Å². The molecule has 1 aliphatic heterocycles. The van der Waals surface area contributed by atoms with Crippen molar-refractivity contribution in [3.05, 3.63) is 41.6 Å². The number of benzene rings is 1. The average molecular weight is 440 g/mol. The number of amides is 1. The maximum Gasteiger partial charge on any atom is 0.313 e. The molecule has 32 heavy (non-hydrogen) atoms. The van der Waals surface area contributed by atoms with E-state index in [0.717, 1.165) is 24.9 Å². The second-order valence-electron chi connectivity index (χ2n) is 9.77. The molecule has 172 valence electrons. The van der Waals surface area contributed by atoms with E-state index in [2.05, 4.69) is 17.1 Å². The summed E-state index contributed by atoms with van der Waals surface area (Å²) < 4.78 is 1.90. The number of likely N-dealkylation sites (tertiary alicyclic amines) is 1. The third-order valence-corrected chi connectivity index (χ3v) is 7.24. The van der Waals surface area contributed by atoms with Crippen LogP contribution in [0.15, 0.2) is 30.5 Å². The molecule has 1 aromatic heterocycles. The van der Waals surface area contributed by atoms with Crippen LogP contribution >= 0.6 is 0 Å². The first-order chi connectivity index (χ1) is 15.2. The molecule has 0 spiro atoms. The van der Waals surface area contributed by atoms with E-state index in [9.17, 15) is 14.7 Å². The lowest BCUT2D eigenvalue weighted by Gasteiger charge is -2.44. The molecule has 3 atom stereocenters. The highest BCUT2D eigenvalue weighted by atomic mass is 16.4. The maximum absolute atomic E-state index is 12.1. The Balaban J connectivity index is 1.51. The molecule has 2 fully saturated rings. The van der Waals surface area contributed by atoms with Gasteiger partial charge in [0.05, 0.1) is 11.5 Å². The number of carboxylic acid groups (broad SMARTS) is 1. The number of aliphatic carboxylic acids is 1. The largest absolute Gasteiger partial charge is 0.481 e. The van der Waals surface area contributed by atoms with Crippen LogP contribution in [0.2, 0.25) is 0 Å². The van der Waals surface area contributed by atoms with E-state index in [1.807, 2.05) is 4.68 Å². The molecule has 4 rings (SSSR count). The summed E-state index contributed by atoms with van der Waals surface area (Å²) in [6, 6.07) is 8.04. The average Bonchev–Trinajstić information content (AvgIpc) is 3.11. The Morgan fingerprint density at radius 1 is 1.19 bits per heavy atom. The predicted octanol–water partition coefficient (Wildman–Crippen LogP) is 3.52. The lowest BCUT2D eigenvalue weighted by Crippen LogP contribution is -2.48. The molecule has 8 heteroatoms. The Labute approximate surface area is 188 Å². The zero-order valence-electron chi connectivity index (χ0n) is 19.0. The van der Waals surface area contributed by atoms with E-state index in [-0.39, 0.29) is 6.04 Å². The molecular formula is C24H33N5O3. The Hall–Kier alpha value is -2.87. The van der Waals surface area contributed by atoms with Gasteiger partial charge in [-0.1, -0.05) is 19.1 Å². The second kappa shape index (κ2) is 8.58. The van der Waals surface area contributed by atoms with E-state index in [1.54, 1.807) is 44.3 Å². The SMILES string of the molecule is CC1CC(N2CCC2)CCC1n1cc(C(N)=O)c(Nc2ccc(C(C)(C)C(=O)O)cc2)n1. The van der Waals surface area contributed by atoms with Gasteiger partial charge in [0, 0.05) is 17.9 Å². The van der Waals surface area contributed by atoms with Crippen molar-refractivity contribution in [1.29, 1.82) is 0 Å². The van der Waals surface area contributed by atoms with E-state index in [0.29, 0.717) is 28.9 Å². The van der Waals surface area contributed by atoms with Gasteiger partial charge in [-0.3, -0.25) is 14.3 Å². The van der Waals surface area contributed by atoms with Crippen molar-refractivity contribution < 1.29 is 14.7 Å². The molecule has 1 amide bonds. The fourth-order valence-electron chi connectivity index (χ4n) is 4.85. The highest BCUT2D eigenvalue weighted by Gasteiger charge is 2.35. The summed E-state index contributed by atoms with van der Waals surface area (Å²) in [5.74, 6) is -0.518. The first-order valence-corrected chi connectivity index (χ1v) is 11.4. The summed E-state index contributed by atoms with van der Waals surface area (Å²) in [5, 5.41) is 17.3. The van der Waals surface area contributed by atoms with Gasteiger partial charge >= 0.3 is 5.97 Å². The van der Waals surface area contributed by atoms with Crippen molar-refractivity contribution in [2.24, 2.45) is 11.7 Å². The maximum atomic E-state index is 12.1. The van der Waals surface area contributed by atoms with Gasteiger partial charge in [-0.05, 0) is 76.2 Å². The zero-order chi connectivity index (χ0) is 23.0. The molecule has 2 aromatic rings. The number of hydrogen-bond acceptors (Lipinski definition) is 5. The highest BCUT2D eigenvalue weighted by molar-refractivity contribution is 5.98. The van der Waals surface area contributed by atoms with Gasteiger partial charge in [-0.25, -0.2) is 0 Å². The molecule has 2 aliphatic rings. The Kier molecular flexibility index (Phi) is 5.99. The monoisotopic (exact) mass is 439 g/mol. The minimum Gasteiger partial charge on any atom is -0.481 e. The van der Waals surface area contributed by atoms with Crippen molar-refractivity contribution in [3.8, 4) is 0 Å². The number of anilines is 2. The fourth-order valence-corrected chi connectivity index (χ4v) is 4.85. The number of nitrogens with zero attached hydrogens (tertiary/aromatic N) is 3. The van der Waals surface area contributed by atoms with Gasteiger partial charge in [0.25, 0.3) is 5.91 Å². The van der Waals surface area contributed by atoms with Crippen molar-refractivity contribution >= 4 is 23.4 Å². The van der Waals surface area contributed by atoms with Crippen molar-refractivity contribution in [3.63, 3.8) is 0 Å². The minimum atomic E-state index is -0.983. The summed E-state index contributed by atoms with van der Waals surface area (Å²) in [7, 11) is 0. The van der Waals surface area contributed by atoms with Gasteiger partial charge < -0.3 is 21.1 Å². The standard InChI is InChI=1S/C24H33N5O3/c1-15-13-18(28-11-4-12-28)9-10-20(15)29-14-19(21(25)30)22(27-29)26-17-7-5-16(6-8-17)24(2,3)23(31)32/h5-8,14-15,18,20H,4,9-13H2,1-3H3,(H2,25,30)(H,26,27)(H,31,32). The summed E-state index contributed by atoms with van der Waals surface area (Å²) in [6.07, 6.45) is 6.38. The van der Waals surface area contributed by atoms with Crippen LogP contribution in [-0.4, -0.2) is 50.8 Å². The highest BCUT2D eigenvalue weighted by Crippen LogP contribution is 2.38. The zero-order valence-corrected chi connectivity index (χ0v) is 19.0. The Morgan fingerprint density at radius 2 is 1.88 bits per heavy atom. The van der Waals surface area contributed by atoms with E-state index in [4.69, 9.17) is 10.8 Å². The summed E-state index contributed by atoms with van der Waals surface area (Å²) in [4.78, 5) is 26.2. The molecule has 0 bridgehead atoms. The minimum absolute atomic E-state index is 0.236. The van der Waals surface area contributed by atoms with Crippen LogP contribution in [0.4, 0.5) is 11.5 Å². The van der Waals surface area contributed by atoms with Gasteiger partial charge in [-0.2, -0.15) is 5.10 Å². The molecule has 1 saturated carbocycles. The molecule has 1 aromatic carbocycles. The number of carbonyl (C=O) groups excluding carboxylic acids is 1. The van der Waals surface area contributed by atoms with Crippen LogP contribution in [0, 0.1) is 5.92 Å². The molecule has 3 unspecified atom stereocenters. The first-order valence-electron chi connectivity index (χ1n) is 11.4. The van der Waals surface area contributed by atoms with Crippen molar-refractivity contribution in [2.45, 2.75) is 64.0 Å². The third kappa shape index (κ3) is 4.24. The molecule has 0 radical (unpaired) electrons. The summed E-state index contributed by atoms with van der Waals surface area (Å²) in [6.45, 7) is 8.03. The van der Waals surface area contributed by atoms with Crippen LogP contribution in [0.1, 0.15) is 68.4 Å².